The van der Waals surface area contributed by atoms with Gasteiger partial charge in [-0.3, -0.25) is 14.2 Å². The van der Waals surface area contributed by atoms with E-state index in [1.807, 2.05) is 29.2 Å². The molecule has 230 valence electrons. The number of benzene rings is 3. The molecule has 0 radical (unpaired) electrons. The van der Waals surface area contributed by atoms with Crippen LogP contribution in [0.15, 0.2) is 82.8 Å². The van der Waals surface area contributed by atoms with Gasteiger partial charge in [0.05, 0.1) is 22.9 Å². The molecular formula is C31H33ClN6O4S2. The van der Waals surface area contributed by atoms with Crippen molar-refractivity contribution in [2.75, 3.05) is 30.3 Å². The molecule has 0 saturated heterocycles. The highest BCUT2D eigenvalue weighted by Gasteiger charge is 2.25. The van der Waals surface area contributed by atoms with Crippen LogP contribution in [0.4, 0.5) is 5.69 Å². The predicted octanol–water partition coefficient (Wildman–Crippen LogP) is 4.95. The Bertz CT molecular complexity index is 1760. The van der Waals surface area contributed by atoms with Crippen LogP contribution in [-0.2, 0) is 27.8 Å². The van der Waals surface area contributed by atoms with E-state index < -0.39 is 15.9 Å². The highest BCUT2D eigenvalue weighted by atomic mass is 35.5. The molecule has 1 aliphatic rings. The zero-order valence-corrected chi connectivity index (χ0v) is 26.8. The van der Waals surface area contributed by atoms with Gasteiger partial charge in [0.15, 0.2) is 11.0 Å². The number of halogens is 1. The van der Waals surface area contributed by atoms with E-state index in [0.29, 0.717) is 46.9 Å². The van der Waals surface area contributed by atoms with E-state index in [1.54, 1.807) is 36.6 Å². The molecule has 4 aromatic rings. The van der Waals surface area contributed by atoms with Crippen LogP contribution in [0.2, 0.25) is 5.02 Å². The summed E-state index contributed by atoms with van der Waals surface area (Å²) in [6.45, 7) is 4.97. The van der Waals surface area contributed by atoms with Crippen molar-refractivity contribution >= 4 is 50.9 Å². The fraction of sp³-hybridized carbons (Fsp3) is 0.290. The monoisotopic (exact) mass is 652 g/mol. The lowest BCUT2D eigenvalue weighted by Crippen LogP contribution is -2.36. The van der Waals surface area contributed by atoms with Crippen molar-refractivity contribution in [1.29, 1.82) is 0 Å². The number of aryl methyl sites for hydroxylation is 1. The molecule has 13 heteroatoms. The van der Waals surface area contributed by atoms with Crippen molar-refractivity contribution in [1.82, 2.24) is 24.4 Å². The van der Waals surface area contributed by atoms with Gasteiger partial charge in [-0.2, -0.15) is 4.31 Å². The van der Waals surface area contributed by atoms with Gasteiger partial charge in [0.1, 0.15) is 0 Å². The third-order valence-electron chi connectivity index (χ3n) is 7.37. The molecule has 44 heavy (non-hydrogen) atoms. The molecule has 0 aliphatic carbocycles. The maximum Gasteiger partial charge on any atom is 0.251 e. The van der Waals surface area contributed by atoms with Gasteiger partial charge < -0.3 is 10.2 Å². The van der Waals surface area contributed by atoms with Crippen LogP contribution in [-0.4, -0.2) is 64.7 Å². The van der Waals surface area contributed by atoms with Crippen LogP contribution in [0.25, 0.3) is 5.69 Å². The molecule has 10 nitrogen and oxygen atoms in total. The Morgan fingerprint density at radius 3 is 2.48 bits per heavy atom. The van der Waals surface area contributed by atoms with Crippen LogP contribution in [0.3, 0.4) is 0 Å². The number of nitrogens with one attached hydrogen (secondary N) is 1. The Labute approximate surface area is 266 Å². The van der Waals surface area contributed by atoms with Gasteiger partial charge in [0, 0.05) is 35.9 Å². The van der Waals surface area contributed by atoms with E-state index in [0.717, 1.165) is 24.1 Å². The lowest BCUT2D eigenvalue weighted by atomic mass is 10.0. The summed E-state index contributed by atoms with van der Waals surface area (Å²) < 4.78 is 28.7. The summed E-state index contributed by atoms with van der Waals surface area (Å²) in [7, 11) is -3.63. The molecule has 5 rings (SSSR count). The number of hydrogen-bond donors (Lipinski definition) is 1. The van der Waals surface area contributed by atoms with Gasteiger partial charge in [-0.1, -0.05) is 61.5 Å². The summed E-state index contributed by atoms with van der Waals surface area (Å²) in [6, 6.07) is 21.0. The molecule has 0 bridgehead atoms. The first-order valence-corrected chi connectivity index (χ1v) is 17.1. The standard InChI is InChI=1S/C31H33ClN6O4S2/c1-3-36(4-2)44(41,42)26-16-14-23(15-17-26)30(40)33-20-28-34-35-31(38(28)25-12-7-11-24(32)19-25)43-21-29(39)37-18-8-10-22-9-5-6-13-27(22)37/h5-7,9,11-17,19H,3-4,8,10,18,20-21H2,1-2H3,(H,33,40). The van der Waals surface area contributed by atoms with Crippen molar-refractivity contribution in [2.24, 2.45) is 0 Å². The van der Waals surface area contributed by atoms with Gasteiger partial charge in [-0.15, -0.1) is 10.2 Å². The number of carbonyl (C=O) groups is 2. The molecule has 0 spiro atoms. The number of carbonyl (C=O) groups excluding carboxylic acids is 2. The summed E-state index contributed by atoms with van der Waals surface area (Å²) >= 11 is 7.56. The average molecular weight is 653 g/mol. The average Bonchev–Trinajstić information content (AvgIpc) is 3.45. The van der Waals surface area contributed by atoms with Crippen molar-refractivity contribution in [2.45, 2.75) is 43.3 Å². The van der Waals surface area contributed by atoms with Gasteiger partial charge in [-0.25, -0.2) is 8.42 Å². The Hall–Kier alpha value is -3.71. The van der Waals surface area contributed by atoms with Gasteiger partial charge in [0.2, 0.25) is 15.9 Å². The number of thioether (sulfide) groups is 1. The van der Waals surface area contributed by atoms with Crippen LogP contribution < -0.4 is 10.2 Å². The largest absolute Gasteiger partial charge is 0.345 e. The molecule has 2 amide bonds. The maximum absolute atomic E-state index is 13.3. The molecule has 1 N–H and O–H groups in total. The highest BCUT2D eigenvalue weighted by molar-refractivity contribution is 7.99. The number of amides is 2. The molecule has 0 atom stereocenters. The lowest BCUT2D eigenvalue weighted by molar-refractivity contribution is -0.116. The summed E-state index contributed by atoms with van der Waals surface area (Å²) in [5.41, 5.74) is 3.11. The molecule has 2 heterocycles. The minimum absolute atomic E-state index is 0.0240. The Morgan fingerprint density at radius 1 is 1.00 bits per heavy atom. The number of hydrogen-bond acceptors (Lipinski definition) is 7. The number of rotatable bonds is 11. The second kappa shape index (κ2) is 13.9. The van der Waals surface area contributed by atoms with E-state index >= 15 is 0 Å². The number of sulfonamides is 1. The first-order valence-electron chi connectivity index (χ1n) is 14.3. The van der Waals surface area contributed by atoms with E-state index in [1.165, 1.54) is 40.3 Å². The van der Waals surface area contributed by atoms with Gasteiger partial charge >= 0.3 is 0 Å². The second-order valence-electron chi connectivity index (χ2n) is 10.1. The van der Waals surface area contributed by atoms with E-state index in [9.17, 15) is 18.0 Å². The van der Waals surface area contributed by atoms with Crippen LogP contribution in [0, 0.1) is 0 Å². The molecule has 1 aliphatic heterocycles. The molecule has 1 aromatic heterocycles. The first kappa shape index (κ1) is 31.7. The minimum Gasteiger partial charge on any atom is -0.345 e. The van der Waals surface area contributed by atoms with E-state index in [4.69, 9.17) is 11.6 Å². The van der Waals surface area contributed by atoms with E-state index in [-0.39, 0.29) is 23.1 Å². The minimum atomic E-state index is -3.63. The third-order valence-corrected chi connectivity index (χ3v) is 10.6. The summed E-state index contributed by atoms with van der Waals surface area (Å²) in [5, 5.41) is 12.5. The second-order valence-corrected chi connectivity index (χ2v) is 13.4. The van der Waals surface area contributed by atoms with Gasteiger partial charge in [-0.05, 0) is 66.9 Å². The fourth-order valence-corrected chi connectivity index (χ4v) is 7.62. The SMILES string of the molecule is CCN(CC)S(=O)(=O)c1ccc(C(=O)NCc2nnc(SCC(=O)N3CCCc4ccccc43)n2-c2cccc(Cl)c2)cc1. The smallest absolute Gasteiger partial charge is 0.251 e. The molecule has 3 aromatic carbocycles. The molecule has 0 saturated carbocycles. The summed E-state index contributed by atoms with van der Waals surface area (Å²) in [5.74, 6) is 0.177. The normalized spacial score (nSPS) is 13.1. The Morgan fingerprint density at radius 2 is 1.75 bits per heavy atom. The van der Waals surface area contributed by atoms with Gasteiger partial charge in [0.25, 0.3) is 5.91 Å². The number of nitrogens with zero attached hydrogens (tertiary/aromatic N) is 5. The number of fused-ring (bicyclic) bond motifs is 1. The summed E-state index contributed by atoms with van der Waals surface area (Å²) in [4.78, 5) is 28.3. The van der Waals surface area contributed by atoms with Crippen molar-refractivity contribution < 1.29 is 18.0 Å². The van der Waals surface area contributed by atoms with Crippen molar-refractivity contribution in [3.63, 3.8) is 0 Å². The predicted molar refractivity (Wildman–Crippen MR) is 172 cm³/mol. The topological polar surface area (TPSA) is 118 Å². The van der Waals surface area contributed by atoms with Crippen LogP contribution in [0.1, 0.15) is 42.0 Å². The third kappa shape index (κ3) is 6.83. The fourth-order valence-electron chi connectivity index (χ4n) is 5.13. The highest BCUT2D eigenvalue weighted by Crippen LogP contribution is 2.29. The number of para-hydroxylation sites is 1. The Kier molecular flexibility index (Phi) is 10.0. The summed E-state index contributed by atoms with van der Waals surface area (Å²) in [6.07, 6.45) is 1.86. The van der Waals surface area contributed by atoms with Crippen molar-refractivity contribution in [3.05, 3.63) is 94.8 Å². The Balaban J connectivity index is 1.32. The van der Waals surface area contributed by atoms with E-state index in [2.05, 4.69) is 21.6 Å². The lowest BCUT2D eigenvalue weighted by Gasteiger charge is -2.29. The zero-order valence-electron chi connectivity index (χ0n) is 24.4. The quantitative estimate of drug-likeness (QED) is 0.228. The first-order chi connectivity index (χ1) is 21.2. The van der Waals surface area contributed by atoms with Crippen LogP contribution in [0.5, 0.6) is 0 Å². The number of aromatic nitrogens is 3. The molecule has 0 unspecified atom stereocenters. The van der Waals surface area contributed by atoms with Crippen molar-refractivity contribution in [3.8, 4) is 5.69 Å². The molecular weight excluding hydrogens is 620 g/mol. The number of anilines is 1. The molecule has 0 fully saturated rings. The van der Waals surface area contributed by atoms with Crippen LogP contribution >= 0.6 is 23.4 Å². The maximum atomic E-state index is 13.3. The zero-order chi connectivity index (χ0) is 31.3.